The van der Waals surface area contributed by atoms with Crippen LogP contribution in [0.15, 0.2) is 24.3 Å². The van der Waals surface area contributed by atoms with Crippen LogP contribution in [0.2, 0.25) is 0 Å². The first-order chi connectivity index (χ1) is 9.61. The standard InChI is InChI=1S/C14H19FN2O3/c1-2-20-14(19)4-3-9-16-10-13(18)17-12-7-5-11(15)6-8-12/h5-8,16H,2-4,9-10H2,1H3,(H,17,18). The summed E-state index contributed by atoms with van der Waals surface area (Å²) < 4.78 is 17.5. The lowest BCUT2D eigenvalue weighted by molar-refractivity contribution is -0.143. The molecule has 1 aromatic rings. The summed E-state index contributed by atoms with van der Waals surface area (Å²) in [5.41, 5.74) is 0.546. The second kappa shape index (κ2) is 9.03. The maximum atomic E-state index is 12.7. The molecule has 0 aliphatic rings. The normalized spacial score (nSPS) is 10.1. The van der Waals surface area contributed by atoms with Crippen LogP contribution in [0.1, 0.15) is 19.8 Å². The lowest BCUT2D eigenvalue weighted by Crippen LogP contribution is -2.29. The molecule has 110 valence electrons. The van der Waals surface area contributed by atoms with E-state index in [2.05, 4.69) is 10.6 Å². The van der Waals surface area contributed by atoms with Crippen molar-refractivity contribution in [3.8, 4) is 0 Å². The molecule has 0 heterocycles. The molecule has 0 bridgehead atoms. The van der Waals surface area contributed by atoms with Gasteiger partial charge in [0.25, 0.3) is 0 Å². The predicted octanol–water partition coefficient (Wildman–Crippen LogP) is 1.70. The lowest BCUT2D eigenvalue weighted by atomic mass is 10.3. The molecule has 0 unspecified atom stereocenters. The number of hydrogen-bond acceptors (Lipinski definition) is 4. The van der Waals surface area contributed by atoms with Crippen molar-refractivity contribution in [2.75, 3.05) is 25.0 Å². The Morgan fingerprint density at radius 3 is 2.60 bits per heavy atom. The van der Waals surface area contributed by atoms with Crippen molar-refractivity contribution in [2.24, 2.45) is 0 Å². The van der Waals surface area contributed by atoms with Gasteiger partial charge in [0, 0.05) is 12.1 Å². The third kappa shape index (κ3) is 6.84. The Kier molecular flexibility index (Phi) is 7.27. The van der Waals surface area contributed by atoms with Crippen molar-refractivity contribution in [3.63, 3.8) is 0 Å². The van der Waals surface area contributed by atoms with Gasteiger partial charge in [0.2, 0.25) is 5.91 Å². The summed E-state index contributed by atoms with van der Waals surface area (Å²) in [6.07, 6.45) is 0.948. The molecule has 1 amide bonds. The minimum Gasteiger partial charge on any atom is -0.466 e. The van der Waals surface area contributed by atoms with Gasteiger partial charge in [-0.1, -0.05) is 0 Å². The van der Waals surface area contributed by atoms with Crippen molar-refractivity contribution in [1.82, 2.24) is 5.32 Å². The summed E-state index contributed by atoms with van der Waals surface area (Å²) in [6.45, 7) is 2.83. The van der Waals surface area contributed by atoms with E-state index >= 15 is 0 Å². The monoisotopic (exact) mass is 282 g/mol. The Morgan fingerprint density at radius 1 is 1.25 bits per heavy atom. The number of halogens is 1. The number of carbonyl (C=O) groups is 2. The Labute approximate surface area is 117 Å². The Balaban J connectivity index is 2.11. The van der Waals surface area contributed by atoms with E-state index in [1.54, 1.807) is 6.92 Å². The average Bonchev–Trinajstić information content (AvgIpc) is 2.41. The van der Waals surface area contributed by atoms with Gasteiger partial charge in [0.1, 0.15) is 5.82 Å². The maximum absolute atomic E-state index is 12.7. The highest BCUT2D eigenvalue weighted by Gasteiger charge is 2.03. The topological polar surface area (TPSA) is 67.4 Å². The van der Waals surface area contributed by atoms with Crippen molar-refractivity contribution in [2.45, 2.75) is 19.8 Å². The summed E-state index contributed by atoms with van der Waals surface area (Å²) in [5, 5.41) is 5.55. The van der Waals surface area contributed by atoms with Gasteiger partial charge in [-0.15, -0.1) is 0 Å². The lowest BCUT2D eigenvalue weighted by Gasteiger charge is -2.06. The molecule has 0 aliphatic heterocycles. The smallest absolute Gasteiger partial charge is 0.305 e. The summed E-state index contributed by atoms with van der Waals surface area (Å²) in [7, 11) is 0. The molecule has 0 aliphatic carbocycles. The van der Waals surface area contributed by atoms with Crippen LogP contribution in [0.25, 0.3) is 0 Å². The van der Waals surface area contributed by atoms with Gasteiger partial charge in [-0.2, -0.15) is 0 Å². The van der Waals surface area contributed by atoms with Gasteiger partial charge in [0.15, 0.2) is 0 Å². The van der Waals surface area contributed by atoms with Gasteiger partial charge in [-0.25, -0.2) is 4.39 Å². The molecule has 0 saturated heterocycles. The molecule has 0 atom stereocenters. The van der Waals surface area contributed by atoms with Crippen molar-refractivity contribution >= 4 is 17.6 Å². The van der Waals surface area contributed by atoms with E-state index in [0.717, 1.165) is 0 Å². The number of carbonyl (C=O) groups excluding carboxylic acids is 2. The molecule has 1 rings (SSSR count). The molecule has 0 aromatic heterocycles. The number of hydrogen-bond donors (Lipinski definition) is 2. The maximum Gasteiger partial charge on any atom is 0.305 e. The SMILES string of the molecule is CCOC(=O)CCCNCC(=O)Nc1ccc(F)cc1. The number of rotatable bonds is 8. The Hall–Kier alpha value is -1.95. The third-order valence-electron chi connectivity index (χ3n) is 2.45. The highest BCUT2D eigenvalue weighted by atomic mass is 19.1. The van der Waals surface area contributed by atoms with Gasteiger partial charge in [0.05, 0.1) is 13.2 Å². The Morgan fingerprint density at radius 2 is 1.95 bits per heavy atom. The fourth-order valence-corrected chi connectivity index (χ4v) is 1.53. The van der Waals surface area contributed by atoms with Crippen LogP contribution in [0.4, 0.5) is 10.1 Å². The van der Waals surface area contributed by atoms with E-state index in [1.165, 1.54) is 24.3 Å². The first kappa shape index (κ1) is 16.1. The molecule has 0 spiro atoms. The quantitative estimate of drug-likeness (QED) is 0.562. The number of esters is 1. The van der Waals surface area contributed by atoms with Crippen LogP contribution in [-0.4, -0.2) is 31.6 Å². The van der Waals surface area contributed by atoms with E-state index in [4.69, 9.17) is 4.74 Å². The van der Waals surface area contributed by atoms with Crippen molar-refractivity contribution < 1.29 is 18.7 Å². The fourth-order valence-electron chi connectivity index (χ4n) is 1.53. The second-order valence-electron chi connectivity index (χ2n) is 4.14. The van der Waals surface area contributed by atoms with Crippen molar-refractivity contribution in [3.05, 3.63) is 30.1 Å². The second-order valence-corrected chi connectivity index (χ2v) is 4.14. The van der Waals surface area contributed by atoms with Crippen LogP contribution in [0, 0.1) is 5.82 Å². The van der Waals surface area contributed by atoms with Crippen LogP contribution in [0.5, 0.6) is 0 Å². The summed E-state index contributed by atoms with van der Waals surface area (Å²) in [6, 6.07) is 5.55. The molecule has 0 radical (unpaired) electrons. The molecular formula is C14H19FN2O3. The highest BCUT2D eigenvalue weighted by Crippen LogP contribution is 2.07. The summed E-state index contributed by atoms with van der Waals surface area (Å²) in [4.78, 5) is 22.6. The van der Waals surface area contributed by atoms with Gasteiger partial charge < -0.3 is 15.4 Å². The zero-order valence-electron chi connectivity index (χ0n) is 11.4. The summed E-state index contributed by atoms with van der Waals surface area (Å²) in [5.74, 6) is -0.794. The van der Waals surface area contributed by atoms with E-state index in [-0.39, 0.29) is 24.2 Å². The number of anilines is 1. The molecule has 2 N–H and O–H groups in total. The minimum absolute atomic E-state index is 0.139. The van der Waals surface area contributed by atoms with E-state index < -0.39 is 0 Å². The minimum atomic E-state index is -0.347. The number of nitrogens with one attached hydrogen (secondary N) is 2. The molecular weight excluding hydrogens is 263 g/mol. The van der Waals surface area contributed by atoms with E-state index in [9.17, 15) is 14.0 Å². The zero-order valence-corrected chi connectivity index (χ0v) is 11.4. The Bertz CT molecular complexity index is 435. The van der Waals surface area contributed by atoms with Gasteiger partial charge in [-0.05, 0) is 44.2 Å². The average molecular weight is 282 g/mol. The molecule has 0 saturated carbocycles. The molecule has 0 fully saturated rings. The van der Waals surface area contributed by atoms with Crippen LogP contribution in [-0.2, 0) is 14.3 Å². The van der Waals surface area contributed by atoms with Gasteiger partial charge in [-0.3, -0.25) is 9.59 Å². The largest absolute Gasteiger partial charge is 0.466 e. The fraction of sp³-hybridized carbons (Fsp3) is 0.429. The number of ether oxygens (including phenoxy) is 1. The molecule has 20 heavy (non-hydrogen) atoms. The first-order valence-electron chi connectivity index (χ1n) is 6.53. The molecule has 5 nitrogen and oxygen atoms in total. The number of amides is 1. The van der Waals surface area contributed by atoms with E-state index in [0.29, 0.717) is 31.7 Å². The predicted molar refractivity (Wildman–Crippen MR) is 73.8 cm³/mol. The summed E-state index contributed by atoms with van der Waals surface area (Å²) >= 11 is 0. The zero-order chi connectivity index (χ0) is 14.8. The van der Waals surface area contributed by atoms with Gasteiger partial charge >= 0.3 is 5.97 Å². The van der Waals surface area contributed by atoms with Crippen LogP contribution >= 0.6 is 0 Å². The van der Waals surface area contributed by atoms with E-state index in [1.807, 2.05) is 0 Å². The van der Waals surface area contributed by atoms with Crippen molar-refractivity contribution in [1.29, 1.82) is 0 Å². The van der Waals surface area contributed by atoms with Crippen LogP contribution in [0.3, 0.4) is 0 Å². The third-order valence-corrected chi connectivity index (χ3v) is 2.45. The first-order valence-corrected chi connectivity index (χ1v) is 6.53. The number of benzene rings is 1. The highest BCUT2D eigenvalue weighted by molar-refractivity contribution is 5.92. The molecule has 6 heteroatoms. The van der Waals surface area contributed by atoms with Crippen LogP contribution < -0.4 is 10.6 Å². The molecule has 1 aromatic carbocycles.